The molecule has 1 aromatic rings. The molecule has 0 aromatic heterocycles. The van der Waals surface area contributed by atoms with Gasteiger partial charge in [0.1, 0.15) is 0 Å². The van der Waals surface area contributed by atoms with E-state index < -0.39 is 27.3 Å². The van der Waals surface area contributed by atoms with E-state index in [1.165, 1.54) is 0 Å². The molecule has 0 radical (unpaired) electrons. The molecule has 35 heavy (non-hydrogen) atoms. The molecule has 5 aliphatic rings. The first kappa shape index (κ1) is 23.7. The van der Waals surface area contributed by atoms with Gasteiger partial charge in [0, 0.05) is 23.7 Å². The Kier molecular flexibility index (Phi) is 5.05. The van der Waals surface area contributed by atoms with Crippen LogP contribution in [0.2, 0.25) is 0 Å². The van der Waals surface area contributed by atoms with Gasteiger partial charge < -0.3 is 10.2 Å². The maximum atomic E-state index is 13.3. The first-order valence-electron chi connectivity index (χ1n) is 12.6. The summed E-state index contributed by atoms with van der Waals surface area (Å²) >= 11 is 0. The lowest BCUT2D eigenvalue weighted by Gasteiger charge is -2.58. The number of benzene rings is 1. The number of carbonyl (C=O) groups excluding carboxylic acids is 1. The predicted molar refractivity (Wildman–Crippen MR) is 123 cm³/mol. The van der Waals surface area contributed by atoms with Crippen LogP contribution < -0.4 is 10.0 Å². The number of hydrogen-bond acceptors (Lipinski definition) is 4. The van der Waals surface area contributed by atoms with Crippen molar-refractivity contribution >= 4 is 15.9 Å². The maximum Gasteiger partial charge on any atom is 0.416 e. The summed E-state index contributed by atoms with van der Waals surface area (Å²) in [5, 5.41) is 3.63. The third kappa shape index (κ3) is 3.49. The van der Waals surface area contributed by atoms with Crippen LogP contribution in [0.3, 0.4) is 0 Å². The Morgan fingerprint density at radius 3 is 2.51 bits per heavy atom. The summed E-state index contributed by atoms with van der Waals surface area (Å²) in [6.45, 7) is 3.23. The van der Waals surface area contributed by atoms with Gasteiger partial charge in [0.2, 0.25) is 15.9 Å². The highest BCUT2D eigenvalue weighted by Gasteiger charge is 2.78. The number of likely N-dealkylation sites (tertiary alicyclic amines) is 1. The van der Waals surface area contributed by atoms with Gasteiger partial charge in [0.25, 0.3) is 0 Å². The van der Waals surface area contributed by atoms with Crippen LogP contribution in [0.4, 0.5) is 13.2 Å². The second-order valence-electron chi connectivity index (χ2n) is 11.8. The summed E-state index contributed by atoms with van der Waals surface area (Å²) in [5.74, 6) is 0.923. The minimum Gasteiger partial charge on any atom is -0.339 e. The van der Waals surface area contributed by atoms with E-state index in [2.05, 4.69) is 17.0 Å². The molecule has 3 bridgehead atoms. The Labute approximate surface area is 204 Å². The fourth-order valence-electron chi connectivity index (χ4n) is 8.66. The quantitative estimate of drug-likeness (QED) is 0.611. The Morgan fingerprint density at radius 1 is 1.11 bits per heavy atom. The van der Waals surface area contributed by atoms with Crippen LogP contribution in [0.1, 0.15) is 63.9 Å². The van der Waals surface area contributed by atoms with Crippen molar-refractivity contribution in [2.24, 2.45) is 17.3 Å². The van der Waals surface area contributed by atoms with Crippen molar-refractivity contribution in [2.75, 3.05) is 13.1 Å². The predicted octanol–water partition coefficient (Wildman–Crippen LogP) is 3.68. The van der Waals surface area contributed by atoms with E-state index >= 15 is 0 Å². The molecule has 1 heterocycles. The van der Waals surface area contributed by atoms with Crippen LogP contribution in [0.15, 0.2) is 29.2 Å². The van der Waals surface area contributed by atoms with E-state index in [9.17, 15) is 26.4 Å². The van der Waals surface area contributed by atoms with Gasteiger partial charge in [-0.15, -0.1) is 0 Å². The highest BCUT2D eigenvalue weighted by Crippen LogP contribution is 2.78. The normalized spacial score (nSPS) is 39.7. The molecule has 4 saturated carbocycles. The molecule has 5 unspecified atom stereocenters. The first-order chi connectivity index (χ1) is 16.4. The van der Waals surface area contributed by atoms with Crippen molar-refractivity contribution in [3.05, 3.63) is 29.8 Å². The Bertz CT molecular complexity index is 1150. The number of hydrogen-bond donors (Lipinski definition) is 2. The van der Waals surface area contributed by atoms with Crippen molar-refractivity contribution in [3.8, 4) is 0 Å². The number of halogens is 3. The number of fused-ring (bicyclic) bond motifs is 2. The van der Waals surface area contributed by atoms with E-state index in [-0.39, 0.29) is 27.8 Å². The van der Waals surface area contributed by atoms with Crippen LogP contribution in [0.5, 0.6) is 0 Å². The number of rotatable bonds is 6. The summed E-state index contributed by atoms with van der Waals surface area (Å²) in [7, 11) is -3.96. The third-order valence-electron chi connectivity index (χ3n) is 9.90. The molecule has 2 N–H and O–H groups in total. The van der Waals surface area contributed by atoms with Gasteiger partial charge in [-0.3, -0.25) is 4.79 Å². The minimum atomic E-state index is -4.51. The zero-order valence-electron chi connectivity index (χ0n) is 19.8. The summed E-state index contributed by atoms with van der Waals surface area (Å²) in [6.07, 6.45) is 2.82. The third-order valence-corrected chi connectivity index (χ3v) is 11.5. The number of nitrogens with zero attached hydrogens (tertiary/aromatic N) is 1. The molecule has 192 valence electrons. The Morgan fingerprint density at radius 2 is 1.86 bits per heavy atom. The molecule has 10 heteroatoms. The molecule has 6 nitrogen and oxygen atoms in total. The van der Waals surface area contributed by atoms with Crippen molar-refractivity contribution in [2.45, 2.75) is 86.5 Å². The maximum absolute atomic E-state index is 13.3. The molecular formula is C25H32F3N3O3S. The fraction of sp³-hybridized carbons (Fsp3) is 0.720. The molecule has 6 atom stereocenters. The van der Waals surface area contributed by atoms with Crippen LogP contribution in [0.25, 0.3) is 0 Å². The Balaban J connectivity index is 1.18. The molecule has 1 aliphatic heterocycles. The van der Waals surface area contributed by atoms with Gasteiger partial charge in [-0.1, -0.05) is 0 Å². The molecule has 1 spiro atoms. The number of sulfonamides is 1. The minimum absolute atomic E-state index is 0.131. The van der Waals surface area contributed by atoms with E-state index in [1.807, 2.05) is 4.90 Å². The van der Waals surface area contributed by atoms with E-state index in [1.54, 1.807) is 0 Å². The molecule has 1 saturated heterocycles. The first-order valence-corrected chi connectivity index (χ1v) is 14.1. The SMILES string of the molecule is C[C@@H]1CCCN1C(=O)CNC12CC3CC4(NS(=O)(=O)c5ccc(C(F)(F)F)cc5)CC(C1)C4(C3)C2. The van der Waals surface area contributed by atoms with E-state index in [0.29, 0.717) is 18.4 Å². The molecule has 1 amide bonds. The molecule has 4 aliphatic carbocycles. The second kappa shape index (κ2) is 7.44. The molecule has 1 aromatic carbocycles. The molecule has 6 rings (SSSR count). The highest BCUT2D eigenvalue weighted by molar-refractivity contribution is 7.89. The number of alkyl halides is 3. The van der Waals surface area contributed by atoms with Gasteiger partial charge in [-0.05, 0) is 99.8 Å². The lowest BCUT2D eigenvalue weighted by Crippen LogP contribution is -2.67. The Hall–Kier alpha value is -1.65. The molecule has 5 fully saturated rings. The van der Waals surface area contributed by atoms with Crippen molar-refractivity contribution in [1.29, 1.82) is 0 Å². The van der Waals surface area contributed by atoms with Gasteiger partial charge in [-0.2, -0.15) is 13.2 Å². The van der Waals surface area contributed by atoms with Gasteiger partial charge >= 0.3 is 6.18 Å². The standard InChI is InChI=1S/C25H32F3N3O3S/c1-16-3-2-8-31(16)21(32)14-29-22-9-17-10-23(15-22)19(12-22)13-24(23,11-17)30-35(33,34)20-6-4-18(5-7-20)25(26,27)28/h4-7,16-17,19,29-30H,2-3,8-15H2,1H3/t16-,17?,19?,22?,23?,24?/m1/s1. The van der Waals surface area contributed by atoms with Crippen molar-refractivity contribution in [1.82, 2.24) is 14.9 Å². The summed E-state index contributed by atoms with van der Waals surface area (Å²) in [5.41, 5.74) is -1.67. The smallest absolute Gasteiger partial charge is 0.339 e. The highest BCUT2D eigenvalue weighted by atomic mass is 32.2. The lowest BCUT2D eigenvalue weighted by molar-refractivity contribution is -0.137. The lowest BCUT2D eigenvalue weighted by atomic mass is 9.51. The largest absolute Gasteiger partial charge is 0.416 e. The zero-order valence-corrected chi connectivity index (χ0v) is 20.6. The average Bonchev–Trinajstić information content (AvgIpc) is 3.34. The van der Waals surface area contributed by atoms with Crippen LogP contribution in [-0.2, 0) is 21.0 Å². The number of amides is 1. The molecular weight excluding hydrogens is 479 g/mol. The van der Waals surface area contributed by atoms with E-state index in [0.717, 1.165) is 82.2 Å². The summed E-state index contributed by atoms with van der Waals surface area (Å²) in [6, 6.07) is 4.02. The number of carbonyl (C=O) groups is 1. The fourth-order valence-corrected chi connectivity index (χ4v) is 10.2. The second-order valence-corrected chi connectivity index (χ2v) is 13.5. The summed E-state index contributed by atoms with van der Waals surface area (Å²) in [4.78, 5) is 14.7. The van der Waals surface area contributed by atoms with E-state index in [4.69, 9.17) is 0 Å². The van der Waals surface area contributed by atoms with Crippen molar-refractivity contribution < 1.29 is 26.4 Å². The number of nitrogens with one attached hydrogen (secondary N) is 2. The van der Waals surface area contributed by atoms with Gasteiger partial charge in [0.05, 0.1) is 17.0 Å². The van der Waals surface area contributed by atoms with Crippen LogP contribution >= 0.6 is 0 Å². The van der Waals surface area contributed by atoms with Gasteiger partial charge in [-0.25, -0.2) is 13.1 Å². The average molecular weight is 512 g/mol. The van der Waals surface area contributed by atoms with Crippen LogP contribution in [0, 0.1) is 17.3 Å². The summed E-state index contributed by atoms with van der Waals surface area (Å²) < 4.78 is 68.2. The van der Waals surface area contributed by atoms with Crippen molar-refractivity contribution in [3.63, 3.8) is 0 Å². The van der Waals surface area contributed by atoms with Gasteiger partial charge in [0.15, 0.2) is 0 Å². The monoisotopic (exact) mass is 511 g/mol. The zero-order chi connectivity index (χ0) is 24.9. The topological polar surface area (TPSA) is 78.5 Å². The van der Waals surface area contributed by atoms with Crippen LogP contribution in [-0.4, -0.2) is 49.4 Å².